The van der Waals surface area contributed by atoms with Gasteiger partial charge in [0.2, 0.25) is 11.8 Å². The van der Waals surface area contributed by atoms with E-state index >= 15 is 0 Å². The van der Waals surface area contributed by atoms with Gasteiger partial charge in [-0.25, -0.2) is 0 Å². The molecular weight excluding hydrogens is 386 g/mol. The molecule has 2 atom stereocenters. The van der Waals surface area contributed by atoms with Crippen molar-refractivity contribution in [3.8, 4) is 0 Å². The zero-order valence-electron chi connectivity index (χ0n) is 19.2. The molecule has 2 aliphatic heterocycles. The van der Waals surface area contributed by atoms with E-state index in [1.54, 1.807) is 0 Å². The Kier molecular flexibility index (Phi) is 7.65. The van der Waals surface area contributed by atoms with Crippen LogP contribution in [0.4, 0.5) is 0 Å². The summed E-state index contributed by atoms with van der Waals surface area (Å²) < 4.78 is 0. The van der Waals surface area contributed by atoms with Crippen LogP contribution in [0.1, 0.15) is 63.9 Å². The third-order valence-electron chi connectivity index (χ3n) is 7.72. The van der Waals surface area contributed by atoms with Crippen LogP contribution >= 0.6 is 0 Å². The fourth-order valence-electron chi connectivity index (χ4n) is 5.83. The molecule has 2 heterocycles. The molecule has 0 radical (unpaired) electrons. The average molecular weight is 426 g/mol. The Morgan fingerprint density at radius 3 is 2.26 bits per heavy atom. The molecule has 0 unspecified atom stereocenters. The zero-order chi connectivity index (χ0) is 21.6. The van der Waals surface area contributed by atoms with E-state index in [-0.39, 0.29) is 11.9 Å². The molecule has 4 rings (SSSR count). The van der Waals surface area contributed by atoms with E-state index in [0.29, 0.717) is 24.3 Å². The second-order valence-electron chi connectivity index (χ2n) is 9.77. The normalized spacial score (nSPS) is 24.4. The lowest BCUT2D eigenvalue weighted by Gasteiger charge is -2.44. The lowest BCUT2D eigenvalue weighted by molar-refractivity contribution is -0.144. The van der Waals surface area contributed by atoms with Crippen molar-refractivity contribution in [2.24, 2.45) is 5.92 Å². The fourth-order valence-corrected chi connectivity index (χ4v) is 5.83. The van der Waals surface area contributed by atoms with E-state index in [4.69, 9.17) is 0 Å². The van der Waals surface area contributed by atoms with Gasteiger partial charge in [0, 0.05) is 45.2 Å². The van der Waals surface area contributed by atoms with Crippen LogP contribution in [-0.4, -0.2) is 71.3 Å². The van der Waals surface area contributed by atoms with E-state index < -0.39 is 0 Å². The van der Waals surface area contributed by atoms with Crippen LogP contribution in [0, 0.1) is 5.92 Å². The van der Waals surface area contributed by atoms with Crippen molar-refractivity contribution in [2.75, 3.05) is 32.7 Å². The minimum atomic E-state index is 0.0182. The lowest BCUT2D eigenvalue weighted by atomic mass is 9.92. The molecule has 5 heteroatoms. The standard InChI is InChI=1S/C26H39N3O2/c1-21-9-7-8-16-29(21)26(31)25(23-12-5-6-13-23)28-19-17-27(18-20-28)24(30)15-14-22-10-3-2-4-11-22/h2-4,10-11,21,23,25H,5-9,12-20H2,1H3/t21-,25+/m1/s1. The summed E-state index contributed by atoms with van der Waals surface area (Å²) in [6.45, 7) is 6.28. The molecule has 2 amide bonds. The summed E-state index contributed by atoms with van der Waals surface area (Å²) in [5.74, 6) is 1.10. The van der Waals surface area contributed by atoms with Crippen molar-refractivity contribution in [3.63, 3.8) is 0 Å². The van der Waals surface area contributed by atoms with Gasteiger partial charge < -0.3 is 9.80 Å². The maximum atomic E-state index is 13.7. The highest BCUT2D eigenvalue weighted by molar-refractivity contribution is 5.83. The molecule has 0 N–H and O–H groups in total. The van der Waals surface area contributed by atoms with Gasteiger partial charge in [0.1, 0.15) is 0 Å². The Labute approximate surface area is 187 Å². The van der Waals surface area contributed by atoms with Crippen molar-refractivity contribution in [1.29, 1.82) is 0 Å². The average Bonchev–Trinajstić information content (AvgIpc) is 3.33. The van der Waals surface area contributed by atoms with Crippen LogP contribution in [0.2, 0.25) is 0 Å². The predicted octanol–water partition coefficient (Wildman–Crippen LogP) is 3.72. The summed E-state index contributed by atoms with van der Waals surface area (Å²) in [6, 6.07) is 10.6. The van der Waals surface area contributed by atoms with Crippen molar-refractivity contribution in [1.82, 2.24) is 14.7 Å². The van der Waals surface area contributed by atoms with Gasteiger partial charge in [0.25, 0.3) is 0 Å². The monoisotopic (exact) mass is 425 g/mol. The molecule has 170 valence electrons. The maximum absolute atomic E-state index is 13.7. The smallest absolute Gasteiger partial charge is 0.240 e. The molecule has 0 bridgehead atoms. The van der Waals surface area contributed by atoms with Gasteiger partial charge in [-0.05, 0) is 56.9 Å². The fraction of sp³-hybridized carbons (Fsp3) is 0.692. The van der Waals surface area contributed by atoms with E-state index in [1.807, 2.05) is 23.1 Å². The van der Waals surface area contributed by atoms with Gasteiger partial charge in [-0.15, -0.1) is 0 Å². The first-order chi connectivity index (χ1) is 15.1. The van der Waals surface area contributed by atoms with Crippen LogP contribution in [0.25, 0.3) is 0 Å². The highest BCUT2D eigenvalue weighted by atomic mass is 16.2. The maximum Gasteiger partial charge on any atom is 0.240 e. The quantitative estimate of drug-likeness (QED) is 0.698. The lowest BCUT2D eigenvalue weighted by Crippen LogP contribution is -2.60. The van der Waals surface area contributed by atoms with Gasteiger partial charge in [0.15, 0.2) is 0 Å². The van der Waals surface area contributed by atoms with Crippen LogP contribution in [0.5, 0.6) is 0 Å². The minimum absolute atomic E-state index is 0.0182. The van der Waals surface area contributed by atoms with Crippen LogP contribution in [0.3, 0.4) is 0 Å². The first-order valence-electron chi connectivity index (χ1n) is 12.5. The number of amides is 2. The molecule has 1 aromatic carbocycles. The first kappa shape index (κ1) is 22.3. The molecular formula is C26H39N3O2. The third-order valence-corrected chi connectivity index (χ3v) is 7.72. The Balaban J connectivity index is 1.34. The molecule has 31 heavy (non-hydrogen) atoms. The Hall–Kier alpha value is -1.88. The number of likely N-dealkylation sites (tertiary alicyclic amines) is 1. The number of piperidine rings is 1. The number of hydrogen-bond acceptors (Lipinski definition) is 3. The van der Waals surface area contributed by atoms with Gasteiger partial charge in [-0.3, -0.25) is 14.5 Å². The van der Waals surface area contributed by atoms with Crippen molar-refractivity contribution < 1.29 is 9.59 Å². The summed E-state index contributed by atoms with van der Waals surface area (Å²) in [5, 5.41) is 0. The van der Waals surface area contributed by atoms with Crippen molar-refractivity contribution in [3.05, 3.63) is 35.9 Å². The van der Waals surface area contributed by atoms with Gasteiger partial charge in [-0.1, -0.05) is 43.2 Å². The molecule has 1 saturated carbocycles. The molecule has 0 aromatic heterocycles. The van der Waals surface area contributed by atoms with Gasteiger partial charge in [-0.2, -0.15) is 0 Å². The van der Waals surface area contributed by atoms with Crippen molar-refractivity contribution >= 4 is 11.8 Å². The second kappa shape index (κ2) is 10.6. The molecule has 3 fully saturated rings. The highest BCUT2D eigenvalue weighted by Gasteiger charge is 2.40. The summed E-state index contributed by atoms with van der Waals surface area (Å²) in [5.41, 5.74) is 1.22. The van der Waals surface area contributed by atoms with Crippen LogP contribution < -0.4 is 0 Å². The molecule has 0 spiro atoms. The van der Waals surface area contributed by atoms with Crippen LogP contribution in [-0.2, 0) is 16.0 Å². The molecule has 1 aliphatic carbocycles. The van der Waals surface area contributed by atoms with Gasteiger partial charge >= 0.3 is 0 Å². The van der Waals surface area contributed by atoms with Crippen molar-refractivity contribution in [2.45, 2.75) is 76.8 Å². The van der Waals surface area contributed by atoms with E-state index in [9.17, 15) is 9.59 Å². The molecule has 5 nitrogen and oxygen atoms in total. The number of piperazine rings is 1. The van der Waals surface area contributed by atoms with E-state index in [0.717, 1.165) is 52.0 Å². The van der Waals surface area contributed by atoms with Crippen LogP contribution in [0.15, 0.2) is 30.3 Å². The summed E-state index contributed by atoms with van der Waals surface area (Å²) in [4.78, 5) is 33.0. The topological polar surface area (TPSA) is 43.9 Å². The second-order valence-corrected chi connectivity index (χ2v) is 9.77. The number of nitrogens with zero attached hydrogens (tertiary/aromatic N) is 3. The highest BCUT2D eigenvalue weighted by Crippen LogP contribution is 2.33. The SMILES string of the molecule is C[C@@H]1CCCCN1C(=O)[C@H](C1CCCC1)N1CCN(C(=O)CCc2ccccc2)CC1. The summed E-state index contributed by atoms with van der Waals surface area (Å²) >= 11 is 0. The minimum Gasteiger partial charge on any atom is -0.340 e. The number of carbonyl (C=O) groups excluding carboxylic acids is 2. The first-order valence-corrected chi connectivity index (χ1v) is 12.5. The number of rotatable bonds is 6. The number of carbonyl (C=O) groups is 2. The number of hydrogen-bond donors (Lipinski definition) is 0. The Bertz CT molecular complexity index is 723. The predicted molar refractivity (Wildman–Crippen MR) is 124 cm³/mol. The number of aryl methyl sites for hydroxylation is 1. The van der Waals surface area contributed by atoms with E-state index in [1.165, 1.54) is 37.7 Å². The summed E-state index contributed by atoms with van der Waals surface area (Å²) in [7, 11) is 0. The van der Waals surface area contributed by atoms with E-state index in [2.05, 4.69) is 28.9 Å². The molecule has 2 saturated heterocycles. The number of benzene rings is 1. The third kappa shape index (κ3) is 5.49. The molecule has 1 aromatic rings. The largest absolute Gasteiger partial charge is 0.340 e. The Morgan fingerprint density at radius 1 is 0.903 bits per heavy atom. The molecule has 3 aliphatic rings. The van der Waals surface area contributed by atoms with Gasteiger partial charge in [0.05, 0.1) is 6.04 Å². The summed E-state index contributed by atoms with van der Waals surface area (Å²) in [6.07, 6.45) is 9.73. The Morgan fingerprint density at radius 2 is 1.58 bits per heavy atom. The zero-order valence-corrected chi connectivity index (χ0v) is 19.2.